The molecular weight excluding hydrogens is 825 g/mol. The molecule has 1 unspecified atom stereocenters. The maximum absolute atomic E-state index is 13.7. The number of rotatable bonds is 17. The van der Waals surface area contributed by atoms with Gasteiger partial charge < -0.3 is 32.5 Å². The van der Waals surface area contributed by atoms with Crippen LogP contribution >= 0.6 is 0 Å². The highest BCUT2D eigenvalue weighted by Gasteiger charge is 2.52. The fourth-order valence-electron chi connectivity index (χ4n) is 8.05. The van der Waals surface area contributed by atoms with Gasteiger partial charge in [-0.05, 0) is 91.3 Å². The summed E-state index contributed by atoms with van der Waals surface area (Å²) >= 11 is 0. The second kappa shape index (κ2) is 19.4. The number of hydrogen-bond donors (Lipinski definition) is 0. The van der Waals surface area contributed by atoms with Crippen molar-refractivity contribution in [2.24, 2.45) is 5.92 Å². The molecule has 0 amide bonds. The number of carbonyl (C=O) groups is 1. The maximum Gasteiger partial charge on any atom is 0.339 e. The van der Waals surface area contributed by atoms with E-state index in [9.17, 15) is 4.79 Å². The third-order valence-corrected chi connectivity index (χ3v) is 24.1. The number of carbonyl (C=O) groups excluding carboxylic acids is 1. The topological polar surface area (TPSA) is 81.7 Å². The monoisotopic (exact) mass is 900 g/mol. The van der Waals surface area contributed by atoms with Crippen molar-refractivity contribution in [1.29, 1.82) is 0 Å². The van der Waals surface area contributed by atoms with Gasteiger partial charge in [0.1, 0.15) is 6.10 Å². The Morgan fingerprint density at radius 2 is 1.44 bits per heavy atom. The lowest BCUT2D eigenvalue weighted by molar-refractivity contribution is -0.151. The average molecular weight is 901 g/mol. The molecule has 0 spiro atoms. The summed E-state index contributed by atoms with van der Waals surface area (Å²) in [5, 5.41) is 2.34. The number of hydrogen-bond acceptors (Lipinski definition) is 8. The van der Waals surface area contributed by atoms with E-state index in [1.165, 1.54) is 10.4 Å². The minimum Gasteiger partial charge on any atom is -0.462 e. The Morgan fingerprint density at radius 3 is 1.98 bits per heavy atom. The molecule has 5 rings (SSSR count). The predicted octanol–water partition coefficient (Wildman–Crippen LogP) is 11.7. The summed E-state index contributed by atoms with van der Waals surface area (Å²) in [5.74, 6) is 0.0220. The highest BCUT2D eigenvalue weighted by Crippen LogP contribution is 2.43. The average Bonchev–Trinajstić information content (AvgIpc) is 3.77. The molecule has 5 atom stereocenters. The summed E-state index contributed by atoms with van der Waals surface area (Å²) in [6.45, 7) is 35.9. The van der Waals surface area contributed by atoms with E-state index in [1.54, 1.807) is 0 Å². The predicted molar refractivity (Wildman–Crippen MR) is 262 cm³/mol. The first-order chi connectivity index (χ1) is 28.8. The largest absolute Gasteiger partial charge is 0.462 e. The van der Waals surface area contributed by atoms with Gasteiger partial charge in [-0.3, -0.25) is 0 Å². The quantitative estimate of drug-likeness (QED) is 0.0753. The molecule has 0 aliphatic carbocycles. The zero-order chi connectivity index (χ0) is 45.9. The van der Waals surface area contributed by atoms with Crippen LogP contribution in [0.1, 0.15) is 97.1 Å². The maximum atomic E-state index is 13.7. The van der Waals surface area contributed by atoms with Crippen LogP contribution in [0.3, 0.4) is 0 Å². The van der Waals surface area contributed by atoms with E-state index in [0.717, 1.165) is 11.6 Å². The first-order valence-electron chi connectivity index (χ1n) is 22.5. The molecule has 0 radical (unpaired) electrons. The summed E-state index contributed by atoms with van der Waals surface area (Å²) in [6.07, 6.45) is 7.72. The molecule has 2 heterocycles. The van der Waals surface area contributed by atoms with Crippen LogP contribution in [0.15, 0.2) is 85.0 Å². The van der Waals surface area contributed by atoms with Crippen LogP contribution in [0, 0.1) is 12.8 Å². The fourth-order valence-corrected chi connectivity index (χ4v) is 14.8. The summed E-state index contributed by atoms with van der Waals surface area (Å²) in [7, 11) is -6.50. The molecule has 3 aromatic rings. The molecule has 0 bridgehead atoms. The van der Waals surface area contributed by atoms with Crippen molar-refractivity contribution in [3.05, 3.63) is 102 Å². The van der Waals surface area contributed by atoms with E-state index in [1.807, 2.05) is 39.0 Å². The Balaban J connectivity index is 1.46. The summed E-state index contributed by atoms with van der Waals surface area (Å²) in [4.78, 5) is 13.7. The second-order valence-corrected chi connectivity index (χ2v) is 36.1. The van der Waals surface area contributed by atoms with Crippen molar-refractivity contribution in [3.8, 4) is 11.5 Å². The minimum absolute atomic E-state index is 0.0392. The van der Waals surface area contributed by atoms with Gasteiger partial charge >= 0.3 is 5.97 Å². The molecule has 1 fully saturated rings. The summed E-state index contributed by atoms with van der Waals surface area (Å²) < 4.78 is 45.9. The van der Waals surface area contributed by atoms with Crippen LogP contribution in [-0.2, 0) is 23.1 Å². The molecule has 8 nitrogen and oxygen atoms in total. The first-order valence-corrected chi connectivity index (χ1v) is 31.1. The van der Waals surface area contributed by atoms with Crippen molar-refractivity contribution >= 4 is 47.1 Å². The molecule has 3 aromatic carbocycles. The van der Waals surface area contributed by atoms with Gasteiger partial charge in [-0.2, -0.15) is 0 Å². The molecule has 340 valence electrons. The van der Waals surface area contributed by atoms with Gasteiger partial charge in [0, 0.05) is 19.7 Å². The third kappa shape index (κ3) is 11.7. The molecule has 62 heavy (non-hydrogen) atoms. The SMILES string of the molecule is Cc1cc2c(c(/C=C/C[C@@H]3OC(C)(C)O[C@@H]3C(/C=C\[C@@H](C)[C@H](C)O[Si](c3ccccc3)(c3ccccc3)C(C)(C)C)O[Si](C)(C)C(C)(C)C)c1C(=O)OCC[Si](C)(C)C)OCO2. The van der Waals surface area contributed by atoms with Crippen LogP contribution in [0.4, 0.5) is 0 Å². The van der Waals surface area contributed by atoms with Crippen LogP contribution in [0.5, 0.6) is 11.5 Å². The van der Waals surface area contributed by atoms with E-state index in [2.05, 4.69) is 161 Å². The van der Waals surface area contributed by atoms with Gasteiger partial charge in [0.15, 0.2) is 25.6 Å². The Hall–Kier alpha value is -3.30. The van der Waals surface area contributed by atoms with Crippen molar-refractivity contribution < 1.29 is 37.3 Å². The number of esters is 1. The second-order valence-electron chi connectivity index (χ2n) is 21.5. The number of ether oxygens (including phenoxy) is 5. The molecule has 0 saturated carbocycles. The van der Waals surface area contributed by atoms with Gasteiger partial charge in [0.05, 0.1) is 24.4 Å². The number of benzene rings is 3. The van der Waals surface area contributed by atoms with Gasteiger partial charge in [-0.1, -0.05) is 153 Å². The highest BCUT2D eigenvalue weighted by atomic mass is 28.4. The molecule has 0 aromatic heterocycles. The fraction of sp³-hybridized carbons (Fsp3) is 0.549. The van der Waals surface area contributed by atoms with Crippen molar-refractivity contribution in [2.75, 3.05) is 13.4 Å². The Kier molecular flexibility index (Phi) is 15.6. The first kappa shape index (κ1) is 49.7. The third-order valence-electron chi connectivity index (χ3n) is 12.7. The van der Waals surface area contributed by atoms with E-state index in [4.69, 9.17) is 32.5 Å². The molecule has 11 heteroatoms. The molecule has 0 N–H and O–H groups in total. The lowest BCUT2D eigenvalue weighted by Gasteiger charge is -2.45. The van der Waals surface area contributed by atoms with Crippen LogP contribution in [0.2, 0.25) is 48.9 Å². The smallest absolute Gasteiger partial charge is 0.339 e. The summed E-state index contributed by atoms with van der Waals surface area (Å²) in [5.41, 5.74) is 1.93. The van der Waals surface area contributed by atoms with E-state index < -0.39 is 42.7 Å². The van der Waals surface area contributed by atoms with E-state index in [0.29, 0.717) is 35.7 Å². The van der Waals surface area contributed by atoms with Gasteiger partial charge in [0.25, 0.3) is 8.32 Å². The van der Waals surface area contributed by atoms with Crippen LogP contribution in [-0.4, -0.2) is 74.3 Å². The van der Waals surface area contributed by atoms with Crippen molar-refractivity contribution in [1.82, 2.24) is 0 Å². The summed E-state index contributed by atoms with van der Waals surface area (Å²) in [6, 6.07) is 24.4. The number of fused-ring (bicyclic) bond motifs is 1. The lowest BCUT2D eigenvalue weighted by atomic mass is 9.98. The Bertz CT molecular complexity index is 1990. The zero-order valence-corrected chi connectivity index (χ0v) is 43.6. The molecule has 2 aliphatic rings. The zero-order valence-electron chi connectivity index (χ0n) is 40.6. The number of aryl methyl sites for hydroxylation is 1. The van der Waals surface area contributed by atoms with Gasteiger partial charge in [-0.15, -0.1) is 0 Å². The van der Waals surface area contributed by atoms with Gasteiger partial charge in [-0.25, -0.2) is 4.79 Å². The minimum atomic E-state index is -2.78. The molecular formula is C51H76O8Si3. The van der Waals surface area contributed by atoms with Gasteiger partial charge in [0.2, 0.25) is 6.79 Å². The van der Waals surface area contributed by atoms with Crippen molar-refractivity contribution in [3.63, 3.8) is 0 Å². The lowest BCUT2D eigenvalue weighted by Crippen LogP contribution is -2.67. The normalized spacial score (nSPS) is 19.9. The van der Waals surface area contributed by atoms with Crippen LogP contribution < -0.4 is 19.8 Å². The van der Waals surface area contributed by atoms with E-state index in [-0.39, 0.29) is 41.0 Å². The van der Waals surface area contributed by atoms with Crippen LogP contribution in [0.25, 0.3) is 6.08 Å². The van der Waals surface area contributed by atoms with E-state index >= 15 is 0 Å². The van der Waals surface area contributed by atoms with Crippen molar-refractivity contribution in [2.45, 2.75) is 162 Å². The highest BCUT2D eigenvalue weighted by molar-refractivity contribution is 6.99. The Morgan fingerprint density at radius 1 is 0.839 bits per heavy atom. The standard InChI is InChI=1S/C51H76O8Si3/c1-36(38(3)58-62(50(7,8)9,39-24-19-17-20-25-39)40-26-21-18-22-27-40)30-31-43(59-61(15,16)49(4,5)6)47-42(56-51(10,11)57-47)29-23-28-41-45(48(52)53-32-33-60(12,13)14)37(2)34-44-46(41)55-35-54-44/h17-28,30-31,34,36,38,42-43,47H,29,32-33,35H2,1-16H3/b28-23+,31-30-/t36-,38+,42+,43?,47+/m1/s1. The molecule has 1 saturated heterocycles. The molecule has 2 aliphatic heterocycles. The Labute approximate surface area is 377 Å².